The summed E-state index contributed by atoms with van der Waals surface area (Å²) in [4.78, 5) is 2.51. The van der Waals surface area contributed by atoms with Crippen LogP contribution in [0.4, 0.5) is 0 Å². The van der Waals surface area contributed by atoms with Gasteiger partial charge in [0, 0.05) is 33.4 Å². The Morgan fingerprint density at radius 1 is 1.10 bits per heavy atom. The van der Waals surface area contributed by atoms with Crippen LogP contribution in [0.25, 0.3) is 0 Å². The molecule has 1 unspecified atom stereocenters. The second-order valence-electron chi connectivity index (χ2n) is 5.93. The van der Waals surface area contributed by atoms with Crippen LogP contribution in [0, 0.1) is 5.41 Å². The molecule has 1 atom stereocenters. The van der Waals surface area contributed by atoms with Crippen molar-refractivity contribution in [2.45, 2.75) is 52.5 Å². The van der Waals surface area contributed by atoms with Gasteiger partial charge in [0.2, 0.25) is 0 Å². The van der Waals surface area contributed by atoms with Gasteiger partial charge in [0.05, 0.1) is 13.2 Å². The van der Waals surface area contributed by atoms with Gasteiger partial charge in [-0.2, -0.15) is 12.6 Å². The lowest BCUT2D eigenvalue weighted by Crippen LogP contribution is -2.46. The Morgan fingerprint density at radius 3 is 2.10 bits per heavy atom. The highest BCUT2D eigenvalue weighted by Gasteiger charge is 2.30. The summed E-state index contributed by atoms with van der Waals surface area (Å²) in [6.07, 6.45) is 4.93. The number of hydrogen-bond donors (Lipinski definition) is 1. The fourth-order valence-corrected chi connectivity index (χ4v) is 3.41. The zero-order valence-electron chi connectivity index (χ0n) is 14.2. The predicted octanol–water partition coefficient (Wildman–Crippen LogP) is 3.49. The van der Waals surface area contributed by atoms with Crippen LogP contribution in [-0.2, 0) is 9.47 Å². The molecule has 3 nitrogen and oxygen atoms in total. The highest BCUT2D eigenvalue weighted by molar-refractivity contribution is 7.80. The molecular formula is C16H35NO2S. The van der Waals surface area contributed by atoms with Crippen molar-refractivity contribution in [1.29, 1.82) is 0 Å². The van der Waals surface area contributed by atoms with E-state index in [4.69, 9.17) is 9.47 Å². The number of thiol groups is 1. The minimum atomic E-state index is 0.322. The zero-order valence-corrected chi connectivity index (χ0v) is 15.0. The summed E-state index contributed by atoms with van der Waals surface area (Å²) >= 11 is 4.67. The summed E-state index contributed by atoms with van der Waals surface area (Å²) in [5, 5.41) is 0. The van der Waals surface area contributed by atoms with Gasteiger partial charge in [0.1, 0.15) is 0 Å². The Kier molecular flexibility index (Phi) is 12.0. The Morgan fingerprint density at radius 2 is 1.70 bits per heavy atom. The fraction of sp³-hybridized carbons (Fsp3) is 1.00. The molecule has 0 bridgehead atoms. The van der Waals surface area contributed by atoms with Crippen LogP contribution in [0.2, 0.25) is 0 Å². The molecule has 0 aromatic rings. The molecule has 0 spiro atoms. The van der Waals surface area contributed by atoms with Gasteiger partial charge in [0.25, 0.3) is 0 Å². The molecule has 0 aliphatic rings. The lowest BCUT2D eigenvalue weighted by molar-refractivity contribution is 0.0433. The normalized spacial score (nSPS) is 13.9. The third-order valence-electron chi connectivity index (χ3n) is 4.05. The molecular weight excluding hydrogens is 270 g/mol. The second kappa shape index (κ2) is 11.8. The van der Waals surface area contributed by atoms with Crippen LogP contribution >= 0.6 is 12.6 Å². The smallest absolute Gasteiger partial charge is 0.0615 e. The van der Waals surface area contributed by atoms with Crippen LogP contribution in [0.15, 0.2) is 0 Å². The van der Waals surface area contributed by atoms with Crippen LogP contribution in [-0.4, -0.2) is 57.2 Å². The summed E-state index contributed by atoms with van der Waals surface area (Å²) in [6, 6.07) is 0.420. The molecule has 4 heteroatoms. The average molecular weight is 306 g/mol. The monoisotopic (exact) mass is 305 g/mol. The summed E-state index contributed by atoms with van der Waals surface area (Å²) in [7, 11) is 3.54. The molecule has 0 radical (unpaired) electrons. The van der Waals surface area contributed by atoms with Gasteiger partial charge in [-0.1, -0.05) is 26.7 Å². The lowest BCUT2D eigenvalue weighted by Gasteiger charge is -2.40. The molecule has 0 aliphatic carbocycles. The topological polar surface area (TPSA) is 21.7 Å². The number of nitrogens with zero attached hydrogens (tertiary/aromatic N) is 1. The van der Waals surface area contributed by atoms with Gasteiger partial charge >= 0.3 is 0 Å². The van der Waals surface area contributed by atoms with Crippen molar-refractivity contribution in [3.05, 3.63) is 0 Å². The van der Waals surface area contributed by atoms with Crippen LogP contribution in [0.1, 0.15) is 46.5 Å². The summed E-state index contributed by atoms with van der Waals surface area (Å²) in [5.74, 6) is 0.956. The van der Waals surface area contributed by atoms with E-state index >= 15 is 0 Å². The minimum absolute atomic E-state index is 0.322. The largest absolute Gasteiger partial charge is 0.383 e. The molecule has 0 aromatic carbocycles. The lowest BCUT2D eigenvalue weighted by atomic mass is 9.80. The van der Waals surface area contributed by atoms with Crippen LogP contribution in [0.3, 0.4) is 0 Å². The summed E-state index contributed by atoms with van der Waals surface area (Å²) < 4.78 is 10.6. The van der Waals surface area contributed by atoms with E-state index in [-0.39, 0.29) is 0 Å². The highest BCUT2D eigenvalue weighted by atomic mass is 32.1. The van der Waals surface area contributed by atoms with Gasteiger partial charge in [0.15, 0.2) is 0 Å². The van der Waals surface area contributed by atoms with Gasteiger partial charge in [-0.3, -0.25) is 4.90 Å². The van der Waals surface area contributed by atoms with Crippen molar-refractivity contribution in [3.63, 3.8) is 0 Å². The van der Waals surface area contributed by atoms with Gasteiger partial charge in [-0.05, 0) is 30.9 Å². The summed E-state index contributed by atoms with van der Waals surface area (Å²) in [5.41, 5.74) is 0.322. The van der Waals surface area contributed by atoms with E-state index in [0.29, 0.717) is 11.5 Å². The Bertz CT molecular complexity index is 221. The molecule has 0 N–H and O–H groups in total. The maximum absolute atomic E-state index is 5.33. The standard InChI is InChI=1S/C16H35NO2S/c1-6-8-16(14-20,9-7-2)13-17(10-11-18-4)15(3)12-19-5/h15,20H,6-14H2,1-5H3. The van der Waals surface area contributed by atoms with Crippen molar-refractivity contribution < 1.29 is 9.47 Å². The van der Waals surface area contributed by atoms with Crippen molar-refractivity contribution in [2.24, 2.45) is 5.41 Å². The maximum Gasteiger partial charge on any atom is 0.0615 e. The first kappa shape index (κ1) is 20.2. The van der Waals surface area contributed by atoms with Crippen molar-refractivity contribution in [3.8, 4) is 0 Å². The van der Waals surface area contributed by atoms with E-state index in [1.165, 1.54) is 25.7 Å². The third-order valence-corrected chi connectivity index (χ3v) is 4.72. The van der Waals surface area contributed by atoms with E-state index in [2.05, 4.69) is 38.3 Å². The van der Waals surface area contributed by atoms with Crippen LogP contribution < -0.4 is 0 Å². The molecule has 0 heterocycles. The van der Waals surface area contributed by atoms with Crippen LogP contribution in [0.5, 0.6) is 0 Å². The highest BCUT2D eigenvalue weighted by Crippen LogP contribution is 2.33. The molecule has 0 saturated heterocycles. The molecule has 0 fully saturated rings. The second-order valence-corrected chi connectivity index (χ2v) is 6.24. The van der Waals surface area contributed by atoms with Crippen molar-refractivity contribution in [1.82, 2.24) is 4.90 Å². The third kappa shape index (κ3) is 7.30. The number of rotatable bonds is 13. The first-order valence-electron chi connectivity index (χ1n) is 7.91. The Hall–Kier alpha value is 0.230. The minimum Gasteiger partial charge on any atom is -0.383 e. The Labute approximate surface area is 131 Å². The first-order valence-corrected chi connectivity index (χ1v) is 8.55. The predicted molar refractivity (Wildman–Crippen MR) is 90.9 cm³/mol. The number of methoxy groups -OCH3 is 2. The van der Waals surface area contributed by atoms with Crippen molar-refractivity contribution in [2.75, 3.05) is 46.3 Å². The van der Waals surface area contributed by atoms with E-state index in [1.54, 1.807) is 14.2 Å². The molecule has 0 amide bonds. The van der Waals surface area contributed by atoms with Gasteiger partial charge in [-0.25, -0.2) is 0 Å². The first-order chi connectivity index (χ1) is 9.59. The fourth-order valence-electron chi connectivity index (χ4n) is 2.99. The molecule has 0 aliphatic heterocycles. The maximum atomic E-state index is 5.33. The molecule has 0 saturated carbocycles. The van der Waals surface area contributed by atoms with E-state index < -0.39 is 0 Å². The number of hydrogen-bond acceptors (Lipinski definition) is 4. The molecule has 122 valence electrons. The molecule has 0 aromatic heterocycles. The summed E-state index contributed by atoms with van der Waals surface area (Å²) in [6.45, 7) is 10.4. The van der Waals surface area contributed by atoms with E-state index in [0.717, 1.165) is 32.1 Å². The SMILES string of the molecule is CCCC(CS)(CCC)CN(CCOC)C(C)COC. The Balaban J connectivity index is 4.83. The van der Waals surface area contributed by atoms with Gasteiger partial charge in [-0.15, -0.1) is 0 Å². The van der Waals surface area contributed by atoms with Crippen molar-refractivity contribution >= 4 is 12.6 Å². The number of ether oxygens (including phenoxy) is 2. The molecule has 20 heavy (non-hydrogen) atoms. The molecule has 0 rings (SSSR count). The van der Waals surface area contributed by atoms with Gasteiger partial charge < -0.3 is 9.47 Å². The average Bonchev–Trinajstić information content (AvgIpc) is 2.44. The quantitative estimate of drug-likeness (QED) is 0.527. The van der Waals surface area contributed by atoms with E-state index in [9.17, 15) is 0 Å². The van der Waals surface area contributed by atoms with E-state index in [1.807, 2.05) is 0 Å². The zero-order chi connectivity index (χ0) is 15.4.